The second-order valence-corrected chi connectivity index (χ2v) is 5.23. The molecule has 0 spiro atoms. The molecule has 1 atom stereocenters. The maximum atomic E-state index is 11.6. The lowest BCUT2D eigenvalue weighted by atomic mass is 10.1. The third-order valence-electron chi connectivity index (χ3n) is 2.73. The molecular formula is C14H14Cl2N2O3. The molecule has 0 aliphatic heterocycles. The molecule has 0 saturated carbocycles. The minimum Gasteiger partial charge on any atom is -0.467 e. The van der Waals surface area contributed by atoms with Crippen LogP contribution in [0.15, 0.2) is 41.0 Å². The number of hydrogen-bond donors (Lipinski definition) is 3. The van der Waals surface area contributed by atoms with Crippen LogP contribution in [0.3, 0.4) is 0 Å². The number of amides is 2. The van der Waals surface area contributed by atoms with Gasteiger partial charge in [0.15, 0.2) is 0 Å². The van der Waals surface area contributed by atoms with E-state index in [9.17, 15) is 9.90 Å². The van der Waals surface area contributed by atoms with Gasteiger partial charge in [0.25, 0.3) is 0 Å². The number of rotatable bonds is 5. The molecule has 2 rings (SSSR count). The molecule has 3 N–H and O–H groups in total. The van der Waals surface area contributed by atoms with E-state index < -0.39 is 12.1 Å². The van der Waals surface area contributed by atoms with Crippen molar-refractivity contribution in [3.05, 3.63) is 58.0 Å². The Kier molecular flexibility index (Phi) is 5.50. The van der Waals surface area contributed by atoms with Crippen LogP contribution in [0.25, 0.3) is 0 Å². The van der Waals surface area contributed by atoms with E-state index >= 15 is 0 Å². The van der Waals surface area contributed by atoms with Gasteiger partial charge < -0.3 is 20.2 Å². The smallest absolute Gasteiger partial charge is 0.315 e. The van der Waals surface area contributed by atoms with Gasteiger partial charge >= 0.3 is 6.03 Å². The van der Waals surface area contributed by atoms with Gasteiger partial charge in [-0.3, -0.25) is 0 Å². The predicted molar refractivity (Wildman–Crippen MR) is 80.4 cm³/mol. The van der Waals surface area contributed by atoms with Crippen LogP contribution in [-0.2, 0) is 6.54 Å². The molecular weight excluding hydrogens is 315 g/mol. The second kappa shape index (κ2) is 7.36. The summed E-state index contributed by atoms with van der Waals surface area (Å²) in [4.78, 5) is 11.6. The number of aliphatic hydroxyl groups excluding tert-OH is 1. The zero-order valence-corrected chi connectivity index (χ0v) is 12.5. The highest BCUT2D eigenvalue weighted by Gasteiger charge is 2.11. The number of hydrogen-bond acceptors (Lipinski definition) is 3. The van der Waals surface area contributed by atoms with Gasteiger partial charge in [0, 0.05) is 16.6 Å². The summed E-state index contributed by atoms with van der Waals surface area (Å²) in [7, 11) is 0. The number of benzene rings is 1. The fourth-order valence-electron chi connectivity index (χ4n) is 1.72. The van der Waals surface area contributed by atoms with E-state index in [4.69, 9.17) is 27.6 Å². The molecule has 1 unspecified atom stereocenters. The molecule has 1 heterocycles. The monoisotopic (exact) mass is 328 g/mol. The Hall–Kier alpha value is -1.69. The molecule has 2 aromatic rings. The number of nitrogens with one attached hydrogen (secondary N) is 2. The Morgan fingerprint density at radius 2 is 1.95 bits per heavy atom. The standard InChI is InChI=1S/C14H14Cl2N2O3/c15-10-4-9(5-11(16)6-10)13(19)8-18-14(20)17-7-12-2-1-3-21-12/h1-6,13,19H,7-8H2,(H2,17,18,20). The van der Waals surface area contributed by atoms with Crippen molar-refractivity contribution in [1.29, 1.82) is 0 Å². The van der Waals surface area contributed by atoms with E-state index in [1.54, 1.807) is 30.3 Å². The van der Waals surface area contributed by atoms with E-state index in [2.05, 4.69) is 10.6 Å². The first-order chi connectivity index (χ1) is 10.0. The van der Waals surface area contributed by atoms with Crippen molar-refractivity contribution in [2.75, 3.05) is 6.54 Å². The van der Waals surface area contributed by atoms with Gasteiger partial charge in [-0.1, -0.05) is 23.2 Å². The van der Waals surface area contributed by atoms with Gasteiger partial charge in [-0.25, -0.2) is 4.79 Å². The van der Waals surface area contributed by atoms with E-state index in [1.807, 2.05) is 0 Å². The molecule has 5 nitrogen and oxygen atoms in total. The van der Waals surface area contributed by atoms with Crippen LogP contribution in [0.1, 0.15) is 17.4 Å². The number of carbonyl (C=O) groups is 1. The van der Waals surface area contributed by atoms with Gasteiger partial charge in [-0.05, 0) is 35.9 Å². The normalized spacial score (nSPS) is 12.0. The highest BCUT2D eigenvalue weighted by Crippen LogP contribution is 2.23. The molecule has 0 aliphatic carbocycles. The van der Waals surface area contributed by atoms with Gasteiger partial charge in [0.05, 0.1) is 18.9 Å². The lowest BCUT2D eigenvalue weighted by Gasteiger charge is -2.13. The number of carbonyl (C=O) groups excluding carboxylic acids is 1. The maximum absolute atomic E-state index is 11.6. The van der Waals surface area contributed by atoms with Crippen molar-refractivity contribution < 1.29 is 14.3 Å². The van der Waals surface area contributed by atoms with E-state index in [0.717, 1.165) is 0 Å². The minimum absolute atomic E-state index is 0.0423. The fourth-order valence-corrected chi connectivity index (χ4v) is 2.26. The summed E-state index contributed by atoms with van der Waals surface area (Å²) >= 11 is 11.7. The van der Waals surface area contributed by atoms with E-state index in [1.165, 1.54) is 6.26 Å². The summed E-state index contributed by atoms with van der Waals surface area (Å²) in [5, 5.41) is 16.0. The molecule has 0 saturated heterocycles. The van der Waals surface area contributed by atoms with Crippen LogP contribution >= 0.6 is 23.2 Å². The Morgan fingerprint density at radius 3 is 2.57 bits per heavy atom. The van der Waals surface area contributed by atoms with Crippen LogP contribution in [0, 0.1) is 0 Å². The Bertz CT molecular complexity index is 582. The summed E-state index contributed by atoms with van der Waals surface area (Å²) in [5.41, 5.74) is 0.541. The average molecular weight is 329 g/mol. The molecule has 21 heavy (non-hydrogen) atoms. The van der Waals surface area contributed by atoms with Crippen LogP contribution in [-0.4, -0.2) is 17.7 Å². The molecule has 112 valence electrons. The van der Waals surface area contributed by atoms with Gasteiger partial charge in [-0.2, -0.15) is 0 Å². The summed E-state index contributed by atoms with van der Waals surface area (Å²) in [6.07, 6.45) is 0.636. The first-order valence-corrected chi connectivity index (χ1v) is 6.98. The molecule has 1 aromatic carbocycles. The summed E-state index contributed by atoms with van der Waals surface area (Å²) in [5.74, 6) is 0.646. The van der Waals surface area contributed by atoms with Crippen LogP contribution in [0.5, 0.6) is 0 Å². The van der Waals surface area contributed by atoms with Crippen LogP contribution in [0.4, 0.5) is 4.79 Å². The summed E-state index contributed by atoms with van der Waals surface area (Å²) < 4.78 is 5.08. The van der Waals surface area contributed by atoms with Crippen molar-refractivity contribution >= 4 is 29.2 Å². The highest BCUT2D eigenvalue weighted by molar-refractivity contribution is 6.34. The number of aliphatic hydroxyl groups is 1. The highest BCUT2D eigenvalue weighted by atomic mass is 35.5. The van der Waals surface area contributed by atoms with Gasteiger partial charge in [0.1, 0.15) is 5.76 Å². The lowest BCUT2D eigenvalue weighted by Crippen LogP contribution is -2.37. The maximum Gasteiger partial charge on any atom is 0.315 e. The molecule has 0 radical (unpaired) electrons. The average Bonchev–Trinajstić information content (AvgIpc) is 2.94. The summed E-state index contributed by atoms with van der Waals surface area (Å²) in [6, 6.07) is 7.85. The third-order valence-corrected chi connectivity index (χ3v) is 3.17. The SMILES string of the molecule is O=C(NCc1ccco1)NCC(O)c1cc(Cl)cc(Cl)c1. The van der Waals surface area contributed by atoms with Crippen molar-refractivity contribution in [3.8, 4) is 0 Å². The first-order valence-electron chi connectivity index (χ1n) is 6.23. The van der Waals surface area contributed by atoms with Crippen molar-refractivity contribution in [2.24, 2.45) is 0 Å². The minimum atomic E-state index is -0.893. The van der Waals surface area contributed by atoms with Crippen LogP contribution in [0.2, 0.25) is 10.0 Å². The zero-order valence-electron chi connectivity index (χ0n) is 11.0. The Balaban J connectivity index is 1.80. The van der Waals surface area contributed by atoms with Gasteiger partial charge in [-0.15, -0.1) is 0 Å². The Morgan fingerprint density at radius 1 is 1.24 bits per heavy atom. The van der Waals surface area contributed by atoms with Crippen molar-refractivity contribution in [3.63, 3.8) is 0 Å². The molecule has 1 aromatic heterocycles. The lowest BCUT2D eigenvalue weighted by molar-refractivity contribution is 0.173. The first kappa shape index (κ1) is 15.7. The van der Waals surface area contributed by atoms with Crippen LogP contribution < -0.4 is 10.6 Å². The van der Waals surface area contributed by atoms with Gasteiger partial charge in [0.2, 0.25) is 0 Å². The van der Waals surface area contributed by atoms with E-state index in [0.29, 0.717) is 21.4 Å². The number of furan rings is 1. The van der Waals surface area contributed by atoms with E-state index in [-0.39, 0.29) is 13.1 Å². The largest absolute Gasteiger partial charge is 0.467 e. The second-order valence-electron chi connectivity index (χ2n) is 4.36. The predicted octanol–water partition coefficient (Wildman–Crippen LogP) is 3.12. The molecule has 0 aliphatic rings. The van der Waals surface area contributed by atoms with Crippen molar-refractivity contribution in [2.45, 2.75) is 12.6 Å². The molecule has 7 heteroatoms. The topological polar surface area (TPSA) is 74.5 Å². The Labute approximate surface area is 131 Å². The summed E-state index contributed by atoms with van der Waals surface area (Å²) in [6.45, 7) is 0.318. The quantitative estimate of drug-likeness (QED) is 0.789. The molecule has 0 fully saturated rings. The third kappa shape index (κ3) is 4.97. The molecule has 2 amide bonds. The number of urea groups is 1. The number of halogens is 2. The van der Waals surface area contributed by atoms with Crippen molar-refractivity contribution in [1.82, 2.24) is 10.6 Å². The molecule has 0 bridgehead atoms. The fraction of sp³-hybridized carbons (Fsp3) is 0.214. The zero-order chi connectivity index (χ0) is 15.2.